The van der Waals surface area contributed by atoms with Crippen LogP contribution in [-0.2, 0) is 6.42 Å². The molecule has 0 saturated carbocycles. The van der Waals surface area contributed by atoms with Gasteiger partial charge in [-0.2, -0.15) is 0 Å². The Morgan fingerprint density at radius 2 is 1.71 bits per heavy atom. The van der Waals surface area contributed by atoms with Crippen molar-refractivity contribution in [2.24, 2.45) is 4.99 Å². The largest absolute Gasteiger partial charge is 0.493 e. The number of benzene rings is 2. The molecule has 0 fully saturated rings. The summed E-state index contributed by atoms with van der Waals surface area (Å²) >= 11 is 0. The van der Waals surface area contributed by atoms with Crippen molar-refractivity contribution in [2.45, 2.75) is 31.8 Å². The average molecular weight is 540 g/mol. The number of ether oxygens (including phenoxy) is 2. The van der Waals surface area contributed by atoms with E-state index in [1.54, 1.807) is 21.3 Å². The van der Waals surface area contributed by atoms with Gasteiger partial charge in [0.05, 0.1) is 20.3 Å². The van der Waals surface area contributed by atoms with Crippen molar-refractivity contribution in [3.63, 3.8) is 0 Å². The fourth-order valence-electron chi connectivity index (χ4n) is 3.38. The Balaban J connectivity index is 0.00000480. The molecule has 2 aromatic rings. The van der Waals surface area contributed by atoms with Crippen LogP contribution in [0.3, 0.4) is 0 Å². The number of methoxy groups -OCH3 is 2. The fraction of sp³-hybridized carbons (Fsp3) is 0.458. The molecule has 0 radical (unpaired) electrons. The molecule has 2 N–H and O–H groups in total. The van der Waals surface area contributed by atoms with Crippen LogP contribution < -0.4 is 20.1 Å². The molecular weight excluding hydrogens is 503 g/mol. The van der Waals surface area contributed by atoms with Crippen molar-refractivity contribution in [2.75, 3.05) is 41.9 Å². The van der Waals surface area contributed by atoms with Crippen molar-refractivity contribution in [3.8, 4) is 11.5 Å². The third kappa shape index (κ3) is 8.57. The molecule has 172 valence electrons. The van der Waals surface area contributed by atoms with Crippen LogP contribution in [0.1, 0.15) is 30.5 Å². The molecule has 2 aromatic carbocycles. The summed E-state index contributed by atoms with van der Waals surface area (Å²) in [6.45, 7) is 2.90. The number of nitrogens with zero attached hydrogens (tertiary/aromatic N) is 2. The lowest BCUT2D eigenvalue weighted by Gasteiger charge is -2.27. The molecule has 7 heteroatoms. The van der Waals surface area contributed by atoms with Gasteiger partial charge in [-0.25, -0.2) is 0 Å². The molecule has 2 atom stereocenters. The van der Waals surface area contributed by atoms with Gasteiger partial charge < -0.3 is 25.0 Å². The normalized spacial score (nSPS) is 13.2. The van der Waals surface area contributed by atoms with Crippen molar-refractivity contribution in [3.05, 3.63) is 59.7 Å². The van der Waals surface area contributed by atoms with E-state index in [9.17, 15) is 0 Å². The lowest BCUT2D eigenvalue weighted by molar-refractivity contribution is 0.295. The van der Waals surface area contributed by atoms with Crippen LogP contribution in [0.2, 0.25) is 0 Å². The van der Waals surface area contributed by atoms with Crippen LogP contribution in [0.15, 0.2) is 53.5 Å². The van der Waals surface area contributed by atoms with Crippen molar-refractivity contribution < 1.29 is 9.47 Å². The molecule has 0 aliphatic carbocycles. The van der Waals surface area contributed by atoms with E-state index in [-0.39, 0.29) is 30.0 Å². The van der Waals surface area contributed by atoms with Gasteiger partial charge in [-0.05, 0) is 57.1 Å². The first-order valence-corrected chi connectivity index (χ1v) is 10.4. The zero-order chi connectivity index (χ0) is 21.9. The van der Waals surface area contributed by atoms with Gasteiger partial charge in [0, 0.05) is 19.6 Å². The molecule has 0 bridgehead atoms. The van der Waals surface area contributed by atoms with Crippen molar-refractivity contribution in [1.82, 2.24) is 15.5 Å². The molecule has 0 spiro atoms. The van der Waals surface area contributed by atoms with E-state index in [1.165, 1.54) is 5.56 Å². The number of aryl methyl sites for hydroxylation is 1. The minimum absolute atomic E-state index is 0. The molecule has 0 heterocycles. The summed E-state index contributed by atoms with van der Waals surface area (Å²) in [4.78, 5) is 6.58. The summed E-state index contributed by atoms with van der Waals surface area (Å²) in [7, 11) is 9.26. The van der Waals surface area contributed by atoms with Crippen molar-refractivity contribution in [1.29, 1.82) is 0 Å². The van der Waals surface area contributed by atoms with E-state index in [2.05, 4.69) is 77.9 Å². The number of hydrogen-bond donors (Lipinski definition) is 2. The Labute approximate surface area is 204 Å². The van der Waals surface area contributed by atoms with Crippen LogP contribution >= 0.6 is 24.0 Å². The van der Waals surface area contributed by atoms with E-state index in [0.29, 0.717) is 12.6 Å². The number of aliphatic imine (C=N–C) groups is 1. The Kier molecular flexibility index (Phi) is 12.3. The second-order valence-corrected chi connectivity index (χ2v) is 7.62. The average Bonchev–Trinajstić information content (AvgIpc) is 2.77. The van der Waals surface area contributed by atoms with Gasteiger partial charge in [0.25, 0.3) is 0 Å². The third-order valence-corrected chi connectivity index (χ3v) is 5.19. The topological polar surface area (TPSA) is 58.1 Å². The summed E-state index contributed by atoms with van der Waals surface area (Å²) in [5.74, 6) is 2.28. The lowest BCUT2D eigenvalue weighted by Crippen LogP contribution is -2.45. The van der Waals surface area contributed by atoms with E-state index >= 15 is 0 Å². The van der Waals surface area contributed by atoms with Gasteiger partial charge in [0.1, 0.15) is 0 Å². The van der Waals surface area contributed by atoms with Crippen LogP contribution in [-0.4, -0.2) is 58.8 Å². The number of hydrogen-bond acceptors (Lipinski definition) is 4. The molecule has 0 aliphatic heterocycles. The van der Waals surface area contributed by atoms with E-state index in [0.717, 1.165) is 35.9 Å². The van der Waals surface area contributed by atoms with E-state index < -0.39 is 0 Å². The fourth-order valence-corrected chi connectivity index (χ4v) is 3.38. The molecule has 31 heavy (non-hydrogen) atoms. The van der Waals surface area contributed by atoms with E-state index in [1.807, 2.05) is 12.1 Å². The first-order chi connectivity index (χ1) is 14.5. The second kappa shape index (κ2) is 14.1. The summed E-state index contributed by atoms with van der Waals surface area (Å²) in [6, 6.07) is 17.1. The summed E-state index contributed by atoms with van der Waals surface area (Å²) in [5, 5.41) is 6.97. The maximum absolute atomic E-state index is 5.47. The first-order valence-electron chi connectivity index (χ1n) is 10.4. The monoisotopic (exact) mass is 540 g/mol. The number of likely N-dealkylation sites (N-methyl/N-ethyl adjacent to an activating group) is 1. The Bertz CT molecular complexity index is 799. The number of guanidine groups is 1. The molecule has 0 aliphatic rings. The number of halogens is 1. The highest BCUT2D eigenvalue weighted by atomic mass is 127. The second-order valence-electron chi connectivity index (χ2n) is 7.62. The summed E-state index contributed by atoms with van der Waals surface area (Å²) < 4.78 is 10.8. The summed E-state index contributed by atoms with van der Waals surface area (Å²) in [6.07, 6.45) is 2.08. The Hall–Kier alpha value is -2.00. The number of nitrogens with one attached hydrogen (secondary N) is 2. The highest BCUT2D eigenvalue weighted by molar-refractivity contribution is 14.0. The van der Waals surface area contributed by atoms with Gasteiger partial charge in [-0.15, -0.1) is 24.0 Å². The van der Waals surface area contributed by atoms with E-state index in [4.69, 9.17) is 9.47 Å². The maximum atomic E-state index is 5.47. The highest BCUT2D eigenvalue weighted by Gasteiger charge is 2.17. The van der Waals surface area contributed by atoms with Crippen LogP contribution in [0, 0.1) is 0 Å². The number of rotatable bonds is 10. The zero-order valence-electron chi connectivity index (χ0n) is 19.5. The Morgan fingerprint density at radius 3 is 2.29 bits per heavy atom. The van der Waals surface area contributed by atoms with Crippen LogP contribution in [0.5, 0.6) is 11.5 Å². The maximum Gasteiger partial charge on any atom is 0.191 e. The quantitative estimate of drug-likeness (QED) is 0.270. The molecule has 0 saturated heterocycles. The smallest absolute Gasteiger partial charge is 0.191 e. The molecule has 6 nitrogen and oxygen atoms in total. The molecule has 0 aromatic heterocycles. The molecule has 2 unspecified atom stereocenters. The minimum atomic E-state index is 0. The van der Waals surface area contributed by atoms with Gasteiger partial charge in [0.2, 0.25) is 0 Å². The molecular formula is C24H37IN4O2. The van der Waals surface area contributed by atoms with Gasteiger partial charge in [-0.3, -0.25) is 4.99 Å². The highest BCUT2D eigenvalue weighted by Crippen LogP contribution is 2.31. The molecule has 0 amide bonds. The molecule has 2 rings (SSSR count). The van der Waals surface area contributed by atoms with Gasteiger partial charge in [0.15, 0.2) is 17.5 Å². The predicted molar refractivity (Wildman–Crippen MR) is 140 cm³/mol. The van der Waals surface area contributed by atoms with Crippen molar-refractivity contribution >= 4 is 29.9 Å². The standard InChI is InChI=1S/C24H36N4O2.HI/c1-18(12-13-19-10-8-7-9-11-19)27-24(25-2)26-17-21(28(3)4)20-14-15-22(29-5)23(16-20)30-6;/h7-11,14-16,18,21H,12-13,17H2,1-6H3,(H2,25,26,27);1H. The zero-order valence-corrected chi connectivity index (χ0v) is 21.8. The predicted octanol–water partition coefficient (Wildman–Crippen LogP) is 4.11. The van der Waals surface area contributed by atoms with Crippen LogP contribution in [0.4, 0.5) is 0 Å². The first kappa shape index (κ1) is 27.0. The van der Waals surface area contributed by atoms with Gasteiger partial charge >= 0.3 is 0 Å². The minimum Gasteiger partial charge on any atom is -0.493 e. The SMILES string of the molecule is CN=C(NCC(c1ccc(OC)c(OC)c1)N(C)C)NC(C)CCc1ccccc1.I. The third-order valence-electron chi connectivity index (χ3n) is 5.19. The lowest BCUT2D eigenvalue weighted by atomic mass is 10.0. The van der Waals surface area contributed by atoms with Gasteiger partial charge in [-0.1, -0.05) is 36.4 Å². The van der Waals surface area contributed by atoms with Crippen LogP contribution in [0.25, 0.3) is 0 Å². The summed E-state index contributed by atoms with van der Waals surface area (Å²) in [5.41, 5.74) is 2.51. The Morgan fingerprint density at radius 1 is 1.03 bits per heavy atom.